The molecule has 3 aliphatic rings. The molecule has 0 spiro atoms. The zero-order valence-electron chi connectivity index (χ0n) is 14.9. The molecule has 8 nitrogen and oxygen atoms in total. The fourth-order valence-electron chi connectivity index (χ4n) is 4.01. The molecule has 1 aromatic rings. The smallest absolute Gasteiger partial charge is 0.264 e. The average Bonchev–Trinajstić information content (AvgIpc) is 3.01. The van der Waals surface area contributed by atoms with Gasteiger partial charge in [-0.3, -0.25) is 14.5 Å². The highest BCUT2D eigenvalue weighted by molar-refractivity contribution is 7.91. The van der Waals surface area contributed by atoms with Crippen LogP contribution in [0.15, 0.2) is 23.3 Å². The van der Waals surface area contributed by atoms with Gasteiger partial charge in [0.1, 0.15) is 5.92 Å². The van der Waals surface area contributed by atoms with Crippen molar-refractivity contribution in [1.29, 1.82) is 0 Å². The number of nitrogens with zero attached hydrogens (tertiary/aromatic N) is 3. The average molecular weight is 390 g/mol. The summed E-state index contributed by atoms with van der Waals surface area (Å²) >= 11 is 0. The first-order valence-corrected chi connectivity index (χ1v) is 11.0. The van der Waals surface area contributed by atoms with Crippen LogP contribution in [0.4, 0.5) is 0 Å². The largest absolute Gasteiger partial charge is 0.352 e. The molecule has 2 saturated heterocycles. The summed E-state index contributed by atoms with van der Waals surface area (Å²) in [5.41, 5.74) is 0.353. The topological polar surface area (TPSA) is 109 Å². The van der Waals surface area contributed by atoms with Gasteiger partial charge in [-0.1, -0.05) is 6.08 Å². The Balaban J connectivity index is 1.35. The lowest BCUT2D eigenvalue weighted by Crippen LogP contribution is -2.50. The van der Waals surface area contributed by atoms with Gasteiger partial charge in [0.25, 0.3) is 5.91 Å². The number of piperidine rings is 1. The third-order valence-electron chi connectivity index (χ3n) is 5.53. The van der Waals surface area contributed by atoms with E-state index in [2.05, 4.69) is 20.2 Å². The van der Waals surface area contributed by atoms with E-state index in [1.54, 1.807) is 24.4 Å². The lowest BCUT2D eigenvalue weighted by atomic mass is 10.00. The molecule has 9 heteroatoms. The second-order valence-electron chi connectivity index (χ2n) is 7.39. The normalized spacial score (nSPS) is 28.1. The van der Waals surface area contributed by atoms with Crippen LogP contribution in [0, 0.1) is 5.92 Å². The van der Waals surface area contributed by atoms with Crippen molar-refractivity contribution in [2.75, 3.05) is 24.6 Å². The first-order chi connectivity index (χ1) is 12.9. The van der Waals surface area contributed by atoms with Gasteiger partial charge in [0.2, 0.25) is 5.91 Å². The zero-order valence-corrected chi connectivity index (χ0v) is 15.7. The number of likely N-dealkylation sites (tertiary alicyclic amines) is 1. The Labute approximate surface area is 157 Å². The quantitative estimate of drug-likeness (QED) is 0.623. The van der Waals surface area contributed by atoms with Crippen LogP contribution in [0.3, 0.4) is 0 Å². The molecule has 0 bridgehead atoms. The molecule has 144 valence electrons. The Bertz CT molecular complexity index is 983. The van der Waals surface area contributed by atoms with E-state index in [4.69, 9.17) is 0 Å². The molecule has 1 aromatic heterocycles. The van der Waals surface area contributed by atoms with Crippen LogP contribution in [0.25, 0.3) is 6.08 Å². The van der Waals surface area contributed by atoms with Crippen molar-refractivity contribution in [3.63, 3.8) is 0 Å². The molecule has 0 aliphatic carbocycles. The van der Waals surface area contributed by atoms with Crippen LogP contribution >= 0.6 is 0 Å². The van der Waals surface area contributed by atoms with Crippen LogP contribution in [0.1, 0.15) is 19.3 Å². The maximum Gasteiger partial charge on any atom is 0.264 e. The number of sulfone groups is 1. The van der Waals surface area contributed by atoms with Crippen molar-refractivity contribution in [3.05, 3.63) is 29.0 Å². The van der Waals surface area contributed by atoms with Crippen LogP contribution in [-0.2, 0) is 19.4 Å². The molecule has 4 rings (SSSR count). The Morgan fingerprint density at radius 1 is 1.22 bits per heavy atom. The number of carbonyl (C=O) groups is 2. The Kier molecular flexibility index (Phi) is 4.81. The standard InChI is InChI=1S/C18H22N4O4S/c23-17(15-10-12-2-1-6-19-16(12)21-18(15)24)20-13-3-7-22(8-4-13)14-5-9-27(25,26)11-14/h1-2,6,10,13-15H,3-5,7-9,11H2,(H,20,23). The van der Waals surface area contributed by atoms with Crippen molar-refractivity contribution < 1.29 is 18.0 Å². The predicted molar refractivity (Wildman–Crippen MR) is 97.8 cm³/mol. The summed E-state index contributed by atoms with van der Waals surface area (Å²) in [6.45, 7) is 1.51. The minimum Gasteiger partial charge on any atom is -0.352 e. The highest BCUT2D eigenvalue weighted by Crippen LogP contribution is 2.22. The molecule has 1 N–H and O–H groups in total. The Hall–Kier alpha value is -2.13. The van der Waals surface area contributed by atoms with Crippen LogP contribution in [0.2, 0.25) is 0 Å². The number of amides is 2. The van der Waals surface area contributed by atoms with E-state index in [0.29, 0.717) is 17.1 Å². The van der Waals surface area contributed by atoms with E-state index in [9.17, 15) is 18.0 Å². The van der Waals surface area contributed by atoms with Gasteiger partial charge in [-0.2, -0.15) is 4.99 Å². The van der Waals surface area contributed by atoms with E-state index in [1.165, 1.54) is 0 Å². The van der Waals surface area contributed by atoms with E-state index < -0.39 is 21.7 Å². The summed E-state index contributed by atoms with van der Waals surface area (Å²) in [6.07, 6.45) is 5.37. The highest BCUT2D eigenvalue weighted by Gasteiger charge is 2.35. The van der Waals surface area contributed by atoms with Crippen LogP contribution < -0.4 is 16.0 Å². The fourth-order valence-corrected chi connectivity index (χ4v) is 5.77. The molecular weight excluding hydrogens is 368 g/mol. The molecule has 2 amide bonds. The number of pyridine rings is 1. The highest BCUT2D eigenvalue weighted by atomic mass is 32.2. The number of aromatic nitrogens is 1. The summed E-state index contributed by atoms with van der Waals surface area (Å²) in [7, 11) is -2.89. The maximum atomic E-state index is 12.6. The molecule has 2 fully saturated rings. The fraction of sp³-hybridized carbons (Fsp3) is 0.556. The van der Waals surface area contributed by atoms with Crippen LogP contribution in [0.5, 0.6) is 0 Å². The molecule has 2 atom stereocenters. The number of rotatable bonds is 3. The van der Waals surface area contributed by atoms with Gasteiger partial charge in [-0.05, 0) is 31.4 Å². The van der Waals surface area contributed by atoms with E-state index in [0.717, 1.165) is 25.9 Å². The molecule has 0 saturated carbocycles. The van der Waals surface area contributed by atoms with Gasteiger partial charge < -0.3 is 5.32 Å². The van der Waals surface area contributed by atoms with Crippen molar-refractivity contribution in [1.82, 2.24) is 15.2 Å². The van der Waals surface area contributed by atoms with Crippen molar-refractivity contribution in [2.24, 2.45) is 10.9 Å². The molecule has 0 radical (unpaired) electrons. The molecule has 4 heterocycles. The van der Waals surface area contributed by atoms with Gasteiger partial charge in [-0.15, -0.1) is 0 Å². The van der Waals surface area contributed by atoms with Crippen LogP contribution in [-0.4, -0.2) is 66.8 Å². The molecule has 0 aromatic carbocycles. The number of nitrogens with one attached hydrogen (secondary N) is 1. The summed E-state index contributed by atoms with van der Waals surface area (Å²) < 4.78 is 23.3. The van der Waals surface area contributed by atoms with E-state index in [1.807, 2.05) is 0 Å². The molecule has 3 aliphatic heterocycles. The summed E-state index contributed by atoms with van der Waals surface area (Å²) in [6, 6.07) is 3.62. The summed E-state index contributed by atoms with van der Waals surface area (Å²) in [5, 5.41) is 3.65. The first kappa shape index (κ1) is 18.2. The lowest BCUT2D eigenvalue weighted by molar-refractivity contribution is -0.131. The summed E-state index contributed by atoms with van der Waals surface area (Å²) in [5.74, 6) is -1.23. The number of hydrogen-bond acceptors (Lipinski definition) is 6. The number of carbonyl (C=O) groups excluding carboxylic acids is 2. The van der Waals surface area contributed by atoms with Crippen molar-refractivity contribution in [2.45, 2.75) is 31.3 Å². The predicted octanol–water partition coefficient (Wildman–Crippen LogP) is -1.59. The Morgan fingerprint density at radius 3 is 2.70 bits per heavy atom. The Morgan fingerprint density at radius 2 is 2.00 bits per heavy atom. The zero-order chi connectivity index (χ0) is 19.0. The molecule has 27 heavy (non-hydrogen) atoms. The second kappa shape index (κ2) is 7.12. The monoisotopic (exact) mass is 390 g/mol. The number of fused-ring (bicyclic) bond motifs is 1. The van der Waals surface area contributed by atoms with E-state index in [-0.39, 0.29) is 29.5 Å². The van der Waals surface area contributed by atoms with Gasteiger partial charge in [0, 0.05) is 36.6 Å². The molecular formula is C18H22N4O4S. The van der Waals surface area contributed by atoms with Crippen molar-refractivity contribution >= 4 is 27.7 Å². The number of hydrogen-bond donors (Lipinski definition) is 1. The third-order valence-corrected chi connectivity index (χ3v) is 7.28. The minimum absolute atomic E-state index is 0.0109. The van der Waals surface area contributed by atoms with Crippen molar-refractivity contribution in [3.8, 4) is 0 Å². The van der Waals surface area contributed by atoms with Gasteiger partial charge in [0.15, 0.2) is 15.3 Å². The van der Waals surface area contributed by atoms with E-state index >= 15 is 0 Å². The SMILES string of the molecule is O=C1N=c2ncccc2=CC1C(=O)NC1CCN(C2CCS(=O)(=O)C2)CC1. The molecule has 2 unspecified atom stereocenters. The van der Waals surface area contributed by atoms with Gasteiger partial charge in [0.05, 0.1) is 11.5 Å². The lowest BCUT2D eigenvalue weighted by Gasteiger charge is -2.36. The summed E-state index contributed by atoms with van der Waals surface area (Å²) in [4.78, 5) is 34.9. The first-order valence-electron chi connectivity index (χ1n) is 9.21. The second-order valence-corrected chi connectivity index (χ2v) is 9.62. The third kappa shape index (κ3) is 3.93. The van der Waals surface area contributed by atoms with Gasteiger partial charge in [-0.25, -0.2) is 13.4 Å². The maximum absolute atomic E-state index is 12.6. The van der Waals surface area contributed by atoms with Gasteiger partial charge >= 0.3 is 0 Å². The minimum atomic E-state index is -2.89.